The van der Waals surface area contributed by atoms with Crippen molar-refractivity contribution in [1.82, 2.24) is 0 Å². The zero-order valence-electron chi connectivity index (χ0n) is 12.8. The van der Waals surface area contributed by atoms with Crippen molar-refractivity contribution in [2.24, 2.45) is 0 Å². The molecule has 0 heterocycles. The fourth-order valence-corrected chi connectivity index (χ4v) is 3.99. The van der Waals surface area contributed by atoms with Crippen LogP contribution in [0.25, 0.3) is 0 Å². The van der Waals surface area contributed by atoms with E-state index in [2.05, 4.69) is 24.3 Å². The van der Waals surface area contributed by atoms with Gasteiger partial charge >= 0.3 is 0 Å². The number of fused-ring (bicyclic) bond motifs is 1. The molecule has 0 fully saturated rings. The van der Waals surface area contributed by atoms with E-state index in [1.165, 1.54) is 77.0 Å². The van der Waals surface area contributed by atoms with Crippen molar-refractivity contribution in [3.05, 3.63) is 46.5 Å². The molecular weight excluding hydrogens is 240 g/mol. The maximum absolute atomic E-state index is 2.26. The van der Waals surface area contributed by atoms with E-state index in [4.69, 9.17) is 0 Å². The van der Waals surface area contributed by atoms with Gasteiger partial charge in [-0.2, -0.15) is 0 Å². The van der Waals surface area contributed by atoms with Crippen molar-refractivity contribution >= 4 is 0 Å². The van der Waals surface area contributed by atoms with Crippen LogP contribution in [0.4, 0.5) is 0 Å². The lowest BCUT2D eigenvalue weighted by Crippen LogP contribution is -2.04. The van der Waals surface area contributed by atoms with Crippen molar-refractivity contribution in [3.63, 3.8) is 0 Å². The quantitative estimate of drug-likeness (QED) is 0.506. The molecule has 0 saturated heterocycles. The van der Waals surface area contributed by atoms with Gasteiger partial charge in [0.2, 0.25) is 0 Å². The second-order valence-corrected chi connectivity index (χ2v) is 6.60. The molecule has 0 amide bonds. The van der Waals surface area contributed by atoms with Crippen LogP contribution in [-0.4, -0.2) is 0 Å². The van der Waals surface area contributed by atoms with E-state index >= 15 is 0 Å². The molecule has 0 atom stereocenters. The highest BCUT2D eigenvalue weighted by atomic mass is 14.2. The summed E-state index contributed by atoms with van der Waals surface area (Å²) < 4.78 is 0. The van der Waals surface area contributed by atoms with Gasteiger partial charge in [0.1, 0.15) is 0 Å². The average molecular weight is 268 g/mol. The van der Waals surface area contributed by atoms with Crippen LogP contribution in [0.2, 0.25) is 0 Å². The molecular formula is C20H28. The summed E-state index contributed by atoms with van der Waals surface area (Å²) in [5, 5.41) is 0. The molecule has 0 radical (unpaired) electrons. The third-order valence-corrected chi connectivity index (χ3v) is 5.17. The molecule has 0 aliphatic heterocycles. The monoisotopic (exact) mass is 268 g/mol. The molecule has 3 aliphatic rings. The van der Waals surface area contributed by atoms with Gasteiger partial charge in [0, 0.05) is 0 Å². The van der Waals surface area contributed by atoms with Gasteiger partial charge < -0.3 is 0 Å². The zero-order valence-corrected chi connectivity index (χ0v) is 12.8. The molecule has 0 saturated carbocycles. The molecule has 4 rings (SSSR count). The lowest BCUT2D eigenvalue weighted by atomic mass is 9.82. The maximum Gasteiger partial charge on any atom is -0.0276 e. The molecule has 0 bridgehead atoms. The summed E-state index contributed by atoms with van der Waals surface area (Å²) in [4.78, 5) is 0. The molecule has 20 heavy (non-hydrogen) atoms. The molecule has 1 aromatic rings. The van der Waals surface area contributed by atoms with Gasteiger partial charge in [0.25, 0.3) is 0 Å². The topological polar surface area (TPSA) is 0 Å². The van der Waals surface area contributed by atoms with E-state index < -0.39 is 0 Å². The van der Waals surface area contributed by atoms with Crippen LogP contribution >= 0.6 is 0 Å². The lowest BCUT2D eigenvalue weighted by Gasteiger charge is -2.24. The Morgan fingerprint density at radius 2 is 0.800 bits per heavy atom. The summed E-state index contributed by atoms with van der Waals surface area (Å²) in [6.45, 7) is 0. The van der Waals surface area contributed by atoms with Crippen LogP contribution in [-0.2, 0) is 12.8 Å². The van der Waals surface area contributed by atoms with Gasteiger partial charge in [-0.25, -0.2) is 0 Å². The highest BCUT2D eigenvalue weighted by Gasteiger charge is 2.15. The van der Waals surface area contributed by atoms with E-state index in [0.29, 0.717) is 0 Å². The smallest absolute Gasteiger partial charge is 0.0276 e. The van der Waals surface area contributed by atoms with Crippen LogP contribution in [0.3, 0.4) is 0 Å². The summed E-state index contributed by atoms with van der Waals surface area (Å²) in [6, 6.07) is 8.80. The maximum atomic E-state index is 2.26. The normalized spacial score (nSPS) is 21.4. The minimum absolute atomic E-state index is 1.30. The molecule has 0 spiro atoms. The number of hydrogen-bond acceptors (Lipinski definition) is 0. The van der Waals surface area contributed by atoms with Gasteiger partial charge in [0.15, 0.2) is 0 Å². The Morgan fingerprint density at radius 1 is 0.450 bits per heavy atom. The number of hydrogen-bond donors (Lipinski definition) is 0. The minimum atomic E-state index is 1.30. The Bertz CT molecular complexity index is 408. The Labute approximate surface area is 124 Å². The van der Waals surface area contributed by atoms with Gasteiger partial charge in [-0.05, 0) is 88.2 Å². The van der Waals surface area contributed by atoms with Crippen molar-refractivity contribution in [1.29, 1.82) is 0 Å². The highest BCUT2D eigenvalue weighted by molar-refractivity contribution is 5.28. The summed E-state index contributed by atoms with van der Waals surface area (Å²) >= 11 is 0. The Balaban J connectivity index is 0.000000121. The van der Waals surface area contributed by atoms with E-state index in [0.717, 1.165) is 0 Å². The molecule has 0 aromatic heterocycles. The largest absolute Gasteiger partial charge is 0.0710 e. The first-order chi connectivity index (χ1) is 9.93. The fourth-order valence-electron chi connectivity index (χ4n) is 3.99. The average Bonchev–Trinajstić information content (AvgIpc) is 2.56. The minimum Gasteiger partial charge on any atom is -0.0710 e. The van der Waals surface area contributed by atoms with Gasteiger partial charge in [0.05, 0.1) is 0 Å². The third kappa shape index (κ3) is 3.53. The first-order valence-corrected chi connectivity index (χ1v) is 8.70. The number of rotatable bonds is 0. The predicted molar refractivity (Wildman–Crippen MR) is 87.0 cm³/mol. The van der Waals surface area contributed by atoms with Crippen LogP contribution < -0.4 is 0 Å². The van der Waals surface area contributed by atoms with Crippen LogP contribution in [0.15, 0.2) is 35.4 Å². The molecule has 3 aliphatic carbocycles. The molecule has 0 unspecified atom stereocenters. The van der Waals surface area contributed by atoms with E-state index in [9.17, 15) is 0 Å². The van der Waals surface area contributed by atoms with Crippen molar-refractivity contribution in [2.75, 3.05) is 0 Å². The van der Waals surface area contributed by atoms with E-state index in [1.54, 1.807) is 11.1 Å². The number of aryl methyl sites for hydroxylation is 2. The highest BCUT2D eigenvalue weighted by Crippen LogP contribution is 2.34. The Hall–Kier alpha value is -1.04. The Kier molecular flexibility index (Phi) is 4.95. The number of benzene rings is 1. The first-order valence-electron chi connectivity index (χ1n) is 8.70. The van der Waals surface area contributed by atoms with Gasteiger partial charge in [-0.3, -0.25) is 0 Å². The zero-order chi connectivity index (χ0) is 13.6. The van der Waals surface area contributed by atoms with Crippen molar-refractivity contribution in [3.8, 4) is 0 Å². The summed E-state index contributed by atoms with van der Waals surface area (Å²) in [5.41, 5.74) is 6.84. The lowest BCUT2D eigenvalue weighted by molar-refractivity contribution is 0.558. The van der Waals surface area contributed by atoms with Crippen LogP contribution in [0.5, 0.6) is 0 Å². The third-order valence-electron chi connectivity index (χ3n) is 5.17. The SMILES string of the molecule is C1CCC2=C(C1)CCCC2.c1ccc2c(c1)CCCC2. The van der Waals surface area contributed by atoms with Gasteiger partial charge in [-0.15, -0.1) is 0 Å². The second-order valence-electron chi connectivity index (χ2n) is 6.60. The molecule has 1 aromatic carbocycles. The van der Waals surface area contributed by atoms with Crippen molar-refractivity contribution < 1.29 is 0 Å². The van der Waals surface area contributed by atoms with Crippen molar-refractivity contribution in [2.45, 2.75) is 77.0 Å². The summed E-state index contributed by atoms with van der Waals surface area (Å²) in [7, 11) is 0. The molecule has 108 valence electrons. The fraction of sp³-hybridized carbons (Fsp3) is 0.600. The number of allylic oxidation sites excluding steroid dienone is 2. The first kappa shape index (κ1) is 13.9. The van der Waals surface area contributed by atoms with Crippen LogP contribution in [0, 0.1) is 0 Å². The molecule has 0 N–H and O–H groups in total. The second kappa shape index (κ2) is 7.11. The predicted octanol–water partition coefficient (Wildman–Crippen LogP) is 6.00. The summed E-state index contributed by atoms with van der Waals surface area (Å²) in [6.07, 6.45) is 17.0. The standard InChI is InChI=1S/C10H16.C10H12/c2*1-2-6-10-8-4-3-7-9(10)5-1/h1-8H2;1-2,5-6H,3-4,7-8H2. The molecule has 0 heteroatoms. The Morgan fingerprint density at radius 3 is 1.20 bits per heavy atom. The van der Waals surface area contributed by atoms with E-state index in [-0.39, 0.29) is 0 Å². The van der Waals surface area contributed by atoms with Gasteiger partial charge in [-0.1, -0.05) is 35.4 Å². The molecule has 0 nitrogen and oxygen atoms in total. The summed E-state index contributed by atoms with van der Waals surface area (Å²) in [5.74, 6) is 0. The van der Waals surface area contributed by atoms with Crippen LogP contribution in [0.1, 0.15) is 75.3 Å². The van der Waals surface area contributed by atoms with E-state index in [1.807, 2.05) is 11.1 Å².